The van der Waals surface area contributed by atoms with Crippen LogP contribution in [0.15, 0.2) is 23.1 Å². The van der Waals surface area contributed by atoms with Gasteiger partial charge in [0, 0.05) is 17.0 Å². The van der Waals surface area contributed by atoms with Gasteiger partial charge in [-0.05, 0) is 37.1 Å². The maximum Gasteiger partial charge on any atom is 0.0545 e. The van der Waals surface area contributed by atoms with Crippen molar-refractivity contribution in [3.8, 4) is 0 Å². The quantitative estimate of drug-likeness (QED) is 0.866. The first-order valence-corrected chi connectivity index (χ1v) is 7.26. The summed E-state index contributed by atoms with van der Waals surface area (Å²) in [5, 5.41) is 4.58. The number of hydrogen-bond donors (Lipinski definition) is 1. The minimum Gasteiger partial charge on any atom is -0.307 e. The summed E-state index contributed by atoms with van der Waals surface area (Å²) in [6.07, 6.45) is 2.36. The van der Waals surface area contributed by atoms with Gasteiger partial charge in [0.1, 0.15) is 0 Å². The van der Waals surface area contributed by atoms with Crippen molar-refractivity contribution >= 4 is 23.4 Å². The molecule has 0 spiro atoms. The van der Waals surface area contributed by atoms with E-state index in [0.29, 0.717) is 12.1 Å². The first-order valence-electron chi connectivity index (χ1n) is 5.89. The molecule has 1 N–H and O–H groups in total. The molecule has 1 heterocycles. The summed E-state index contributed by atoms with van der Waals surface area (Å²) < 4.78 is 0. The highest BCUT2D eigenvalue weighted by Crippen LogP contribution is 2.40. The fourth-order valence-corrected chi connectivity index (χ4v) is 3.51. The molecule has 0 saturated heterocycles. The number of hydrogen-bond acceptors (Lipinski definition) is 2. The van der Waals surface area contributed by atoms with E-state index < -0.39 is 0 Å². The molecule has 0 amide bonds. The topological polar surface area (TPSA) is 12.0 Å². The van der Waals surface area contributed by atoms with Gasteiger partial charge in [0.2, 0.25) is 0 Å². The van der Waals surface area contributed by atoms with Gasteiger partial charge in [-0.15, -0.1) is 11.8 Å². The van der Waals surface area contributed by atoms with Crippen molar-refractivity contribution in [1.82, 2.24) is 5.32 Å². The Balaban J connectivity index is 2.23. The molecule has 0 aromatic heterocycles. The number of benzene rings is 1. The van der Waals surface area contributed by atoms with E-state index in [2.05, 4.69) is 31.3 Å². The highest BCUT2D eigenvalue weighted by Gasteiger charge is 2.22. The summed E-state index contributed by atoms with van der Waals surface area (Å²) in [5.74, 6) is 1.16. The van der Waals surface area contributed by atoms with Gasteiger partial charge in [0.25, 0.3) is 0 Å². The van der Waals surface area contributed by atoms with E-state index in [1.54, 1.807) is 0 Å². The molecule has 88 valence electrons. The van der Waals surface area contributed by atoms with Crippen LogP contribution < -0.4 is 5.32 Å². The molecule has 0 aliphatic carbocycles. The van der Waals surface area contributed by atoms with Crippen LogP contribution in [0, 0.1) is 0 Å². The smallest absolute Gasteiger partial charge is 0.0545 e. The second-order valence-corrected chi connectivity index (χ2v) is 5.84. The van der Waals surface area contributed by atoms with Gasteiger partial charge < -0.3 is 5.32 Å². The molecule has 0 bridgehead atoms. The molecule has 2 rings (SSSR count). The molecule has 16 heavy (non-hydrogen) atoms. The van der Waals surface area contributed by atoms with Crippen molar-refractivity contribution in [2.24, 2.45) is 0 Å². The van der Waals surface area contributed by atoms with Crippen LogP contribution in [0.1, 0.15) is 38.3 Å². The van der Waals surface area contributed by atoms with Gasteiger partial charge in [-0.25, -0.2) is 0 Å². The van der Waals surface area contributed by atoms with Crippen molar-refractivity contribution < 1.29 is 0 Å². The van der Waals surface area contributed by atoms with Crippen molar-refractivity contribution in [3.63, 3.8) is 0 Å². The molecular formula is C13H18ClNS. The van der Waals surface area contributed by atoms with Gasteiger partial charge >= 0.3 is 0 Å². The predicted molar refractivity (Wildman–Crippen MR) is 72.4 cm³/mol. The molecule has 1 nitrogen and oxygen atoms in total. The van der Waals surface area contributed by atoms with Crippen LogP contribution in [0.25, 0.3) is 0 Å². The van der Waals surface area contributed by atoms with E-state index in [4.69, 9.17) is 11.6 Å². The Morgan fingerprint density at radius 1 is 1.56 bits per heavy atom. The lowest BCUT2D eigenvalue weighted by molar-refractivity contribution is 0.432. The van der Waals surface area contributed by atoms with E-state index >= 15 is 0 Å². The van der Waals surface area contributed by atoms with E-state index in [0.717, 1.165) is 10.8 Å². The second kappa shape index (κ2) is 5.44. The number of nitrogens with one attached hydrogen (secondary N) is 1. The number of rotatable bonds is 3. The van der Waals surface area contributed by atoms with Crippen LogP contribution in [0.5, 0.6) is 0 Å². The molecule has 3 heteroatoms. The highest BCUT2D eigenvalue weighted by molar-refractivity contribution is 7.99. The Morgan fingerprint density at radius 3 is 3.12 bits per heavy atom. The molecule has 1 aliphatic heterocycles. The maximum atomic E-state index is 6.23. The summed E-state index contributed by atoms with van der Waals surface area (Å²) in [6.45, 7) is 4.46. The predicted octanol–water partition coefficient (Wildman–Crippen LogP) is 4.27. The number of halogens is 1. The minimum absolute atomic E-state index is 0.477. The molecule has 0 radical (unpaired) electrons. The van der Waals surface area contributed by atoms with Crippen LogP contribution in [-0.2, 0) is 0 Å². The van der Waals surface area contributed by atoms with Gasteiger partial charge in [0.05, 0.1) is 5.02 Å². The van der Waals surface area contributed by atoms with Crippen LogP contribution >= 0.6 is 23.4 Å². The molecular weight excluding hydrogens is 238 g/mol. The molecule has 2 unspecified atom stereocenters. The fraction of sp³-hybridized carbons (Fsp3) is 0.538. The molecule has 0 fully saturated rings. The van der Waals surface area contributed by atoms with Crippen LogP contribution in [0.3, 0.4) is 0 Å². The van der Waals surface area contributed by atoms with E-state index in [1.165, 1.54) is 23.3 Å². The lowest BCUT2D eigenvalue weighted by Gasteiger charge is -2.29. The maximum absolute atomic E-state index is 6.23. The Labute approximate surface area is 107 Å². The number of fused-ring (bicyclic) bond motifs is 1. The average Bonchev–Trinajstić information content (AvgIpc) is 2.30. The first kappa shape index (κ1) is 12.3. The Kier molecular flexibility index (Phi) is 4.17. The molecule has 1 aliphatic rings. The molecule has 1 aromatic rings. The Hall–Kier alpha value is -0.180. The summed E-state index contributed by atoms with van der Waals surface area (Å²) in [6, 6.07) is 7.29. The minimum atomic E-state index is 0.477. The van der Waals surface area contributed by atoms with Gasteiger partial charge in [0.15, 0.2) is 0 Å². The van der Waals surface area contributed by atoms with Gasteiger partial charge in [-0.2, -0.15) is 0 Å². The third-order valence-corrected chi connectivity index (χ3v) is 4.73. The zero-order valence-electron chi connectivity index (χ0n) is 9.79. The average molecular weight is 256 g/mol. The Morgan fingerprint density at radius 2 is 2.38 bits per heavy atom. The van der Waals surface area contributed by atoms with Gasteiger partial charge in [-0.3, -0.25) is 0 Å². The first-order chi connectivity index (χ1) is 7.72. The number of thioether (sulfide) groups is 1. The SMILES string of the molecule is CCC(C)NC1CCSc2c(Cl)cccc21. The van der Waals surface area contributed by atoms with Crippen molar-refractivity contribution in [2.75, 3.05) is 5.75 Å². The summed E-state index contributed by atoms with van der Waals surface area (Å²) in [5.41, 5.74) is 1.38. The second-order valence-electron chi connectivity index (χ2n) is 4.32. The van der Waals surface area contributed by atoms with Crippen LogP contribution in [0.2, 0.25) is 5.02 Å². The standard InChI is InChI=1S/C13H18ClNS/c1-3-9(2)15-12-7-8-16-13-10(12)5-4-6-11(13)14/h4-6,9,12,15H,3,7-8H2,1-2H3. The summed E-state index contributed by atoms with van der Waals surface area (Å²) in [4.78, 5) is 1.27. The van der Waals surface area contributed by atoms with Crippen molar-refractivity contribution in [3.05, 3.63) is 28.8 Å². The van der Waals surface area contributed by atoms with Gasteiger partial charge in [-0.1, -0.05) is 30.7 Å². The zero-order chi connectivity index (χ0) is 11.5. The van der Waals surface area contributed by atoms with Crippen molar-refractivity contribution in [1.29, 1.82) is 0 Å². The molecule has 1 aromatic carbocycles. The van der Waals surface area contributed by atoms with E-state index in [9.17, 15) is 0 Å². The normalized spacial score (nSPS) is 21.6. The third kappa shape index (κ3) is 2.55. The van der Waals surface area contributed by atoms with Crippen molar-refractivity contribution in [2.45, 2.75) is 43.7 Å². The zero-order valence-corrected chi connectivity index (χ0v) is 11.4. The molecule has 2 atom stereocenters. The van der Waals surface area contributed by atoms with E-state index in [1.807, 2.05) is 17.8 Å². The largest absolute Gasteiger partial charge is 0.307 e. The molecule has 0 saturated carbocycles. The highest BCUT2D eigenvalue weighted by atomic mass is 35.5. The monoisotopic (exact) mass is 255 g/mol. The third-order valence-electron chi connectivity index (χ3n) is 3.12. The lowest BCUT2D eigenvalue weighted by Crippen LogP contribution is -2.31. The summed E-state index contributed by atoms with van der Waals surface area (Å²) >= 11 is 8.11. The Bertz CT molecular complexity index is 367. The fourth-order valence-electron chi connectivity index (χ4n) is 2.02. The summed E-state index contributed by atoms with van der Waals surface area (Å²) in [7, 11) is 0. The van der Waals surface area contributed by atoms with E-state index in [-0.39, 0.29) is 0 Å². The van der Waals surface area contributed by atoms with Crippen LogP contribution in [-0.4, -0.2) is 11.8 Å². The van der Waals surface area contributed by atoms with Crippen LogP contribution in [0.4, 0.5) is 0 Å². The lowest BCUT2D eigenvalue weighted by atomic mass is 10.0.